The van der Waals surface area contributed by atoms with Crippen LogP contribution in [0.25, 0.3) is 0 Å². The minimum Gasteiger partial charge on any atom is -0.472 e. The van der Waals surface area contributed by atoms with Gasteiger partial charge in [0.25, 0.3) is 11.8 Å². The smallest absolute Gasteiger partial charge is 0.259 e. The molecule has 0 spiro atoms. The van der Waals surface area contributed by atoms with Crippen molar-refractivity contribution in [2.24, 2.45) is 0 Å². The van der Waals surface area contributed by atoms with Gasteiger partial charge in [0.05, 0.1) is 29.7 Å². The highest BCUT2D eigenvalue weighted by Crippen LogP contribution is 2.42. The van der Waals surface area contributed by atoms with Gasteiger partial charge in [-0.15, -0.1) is 0 Å². The van der Waals surface area contributed by atoms with Gasteiger partial charge in [-0.2, -0.15) is 0 Å². The van der Waals surface area contributed by atoms with Gasteiger partial charge in [0.2, 0.25) is 0 Å². The van der Waals surface area contributed by atoms with Gasteiger partial charge >= 0.3 is 0 Å². The molecule has 2 aromatic carbocycles. The molecule has 0 saturated heterocycles. The zero-order valence-electron chi connectivity index (χ0n) is 15.2. The molecule has 0 saturated carbocycles. The van der Waals surface area contributed by atoms with Crippen LogP contribution in [0.1, 0.15) is 20.7 Å². The summed E-state index contributed by atoms with van der Waals surface area (Å²) in [5.41, 5.74) is 2.55. The lowest BCUT2D eigenvalue weighted by atomic mass is 10.1. The Morgan fingerprint density at radius 2 is 2.04 bits per heavy atom. The van der Waals surface area contributed by atoms with Crippen LogP contribution in [0, 0.1) is 0 Å². The molecular weight excluding hydrogens is 376 g/mol. The molecule has 3 aromatic rings. The maximum atomic E-state index is 13.1. The van der Waals surface area contributed by atoms with Crippen LogP contribution in [0.3, 0.4) is 0 Å². The molecule has 1 aliphatic rings. The number of furan rings is 1. The van der Waals surface area contributed by atoms with Crippen molar-refractivity contribution in [1.82, 2.24) is 0 Å². The van der Waals surface area contributed by atoms with E-state index in [9.17, 15) is 9.59 Å². The van der Waals surface area contributed by atoms with Crippen LogP contribution in [0.15, 0.2) is 75.3 Å². The second-order valence-corrected chi connectivity index (χ2v) is 7.28. The SMILES string of the molecule is COCCN1C(=O)c2ccccc2Sc2cc(NC(=O)c3ccoc3)ccc21. The third-order valence-corrected chi connectivity index (χ3v) is 5.52. The molecule has 6 nitrogen and oxygen atoms in total. The average Bonchev–Trinajstić information content (AvgIpc) is 3.21. The first kappa shape index (κ1) is 18.3. The van der Waals surface area contributed by atoms with Crippen LogP contribution in [0.2, 0.25) is 0 Å². The highest BCUT2D eigenvalue weighted by molar-refractivity contribution is 7.99. The monoisotopic (exact) mass is 394 g/mol. The largest absolute Gasteiger partial charge is 0.472 e. The molecule has 0 atom stereocenters. The Kier molecular flexibility index (Phi) is 5.18. The fourth-order valence-corrected chi connectivity index (χ4v) is 4.12. The predicted molar refractivity (Wildman–Crippen MR) is 107 cm³/mol. The van der Waals surface area contributed by atoms with Crippen molar-refractivity contribution in [3.63, 3.8) is 0 Å². The van der Waals surface area contributed by atoms with Gasteiger partial charge in [-0.1, -0.05) is 23.9 Å². The number of methoxy groups -OCH3 is 1. The second-order valence-electron chi connectivity index (χ2n) is 6.20. The maximum Gasteiger partial charge on any atom is 0.259 e. The van der Waals surface area contributed by atoms with Gasteiger partial charge in [0, 0.05) is 29.1 Å². The fraction of sp³-hybridized carbons (Fsp3) is 0.143. The molecule has 7 heteroatoms. The van der Waals surface area contributed by atoms with E-state index in [2.05, 4.69) is 5.32 Å². The van der Waals surface area contributed by atoms with Crippen LogP contribution < -0.4 is 10.2 Å². The van der Waals surface area contributed by atoms with Crippen molar-refractivity contribution < 1.29 is 18.7 Å². The highest BCUT2D eigenvalue weighted by Gasteiger charge is 2.27. The van der Waals surface area contributed by atoms with E-state index in [1.807, 2.05) is 36.4 Å². The first-order valence-electron chi connectivity index (χ1n) is 8.72. The number of hydrogen-bond donors (Lipinski definition) is 1. The summed E-state index contributed by atoms with van der Waals surface area (Å²) < 4.78 is 10.1. The van der Waals surface area contributed by atoms with Gasteiger partial charge in [-0.25, -0.2) is 0 Å². The van der Waals surface area contributed by atoms with E-state index in [-0.39, 0.29) is 11.8 Å². The number of benzene rings is 2. The van der Waals surface area contributed by atoms with E-state index in [0.29, 0.717) is 30.0 Å². The van der Waals surface area contributed by atoms with Gasteiger partial charge in [0.1, 0.15) is 6.26 Å². The Labute approximate surface area is 166 Å². The van der Waals surface area contributed by atoms with Crippen LogP contribution in [-0.2, 0) is 4.74 Å². The maximum absolute atomic E-state index is 13.1. The third kappa shape index (κ3) is 3.54. The summed E-state index contributed by atoms with van der Waals surface area (Å²) in [6.45, 7) is 0.870. The zero-order valence-corrected chi connectivity index (χ0v) is 16.0. The molecule has 142 valence electrons. The minimum atomic E-state index is -0.250. The number of fused-ring (bicyclic) bond motifs is 2. The Morgan fingerprint density at radius 1 is 1.18 bits per heavy atom. The summed E-state index contributed by atoms with van der Waals surface area (Å²) >= 11 is 1.51. The molecule has 1 aromatic heterocycles. The van der Waals surface area contributed by atoms with Crippen LogP contribution in [0.5, 0.6) is 0 Å². The van der Waals surface area contributed by atoms with E-state index in [1.165, 1.54) is 24.3 Å². The Bertz CT molecular complexity index is 1020. The van der Waals surface area contributed by atoms with Crippen molar-refractivity contribution >= 4 is 35.0 Å². The highest BCUT2D eigenvalue weighted by atomic mass is 32.2. The van der Waals surface area contributed by atoms with Crippen molar-refractivity contribution in [3.8, 4) is 0 Å². The first-order chi connectivity index (χ1) is 13.7. The number of nitrogens with one attached hydrogen (secondary N) is 1. The third-order valence-electron chi connectivity index (χ3n) is 4.39. The number of ether oxygens (including phenoxy) is 1. The van der Waals surface area contributed by atoms with Crippen LogP contribution in [0.4, 0.5) is 11.4 Å². The van der Waals surface area contributed by atoms with Gasteiger partial charge < -0.3 is 19.4 Å². The molecule has 1 N–H and O–H groups in total. The first-order valence-corrected chi connectivity index (χ1v) is 9.54. The molecule has 28 heavy (non-hydrogen) atoms. The van der Waals surface area contributed by atoms with Gasteiger partial charge in [0.15, 0.2) is 0 Å². The minimum absolute atomic E-state index is 0.0610. The topological polar surface area (TPSA) is 71.8 Å². The number of anilines is 2. The standard InChI is InChI=1S/C21H18N2O4S/c1-26-11-9-23-17-7-6-15(22-20(24)14-8-10-27-13-14)12-19(17)28-18-5-3-2-4-16(18)21(23)25/h2-8,10,12-13H,9,11H2,1H3,(H,22,24). The molecule has 2 amide bonds. The lowest BCUT2D eigenvalue weighted by Gasteiger charge is -2.23. The van der Waals surface area contributed by atoms with Gasteiger partial charge in [-0.3, -0.25) is 9.59 Å². The number of carbonyl (C=O) groups excluding carboxylic acids is 2. The summed E-state index contributed by atoms with van der Waals surface area (Å²) in [5.74, 6) is -0.311. The average molecular weight is 394 g/mol. The fourth-order valence-electron chi connectivity index (χ4n) is 3.00. The molecule has 2 heterocycles. The summed E-state index contributed by atoms with van der Waals surface area (Å²) in [6, 6.07) is 14.7. The van der Waals surface area contributed by atoms with Crippen molar-refractivity contribution in [3.05, 3.63) is 72.2 Å². The molecular formula is C21H18N2O4S. The number of hydrogen-bond acceptors (Lipinski definition) is 5. The van der Waals surface area contributed by atoms with Crippen molar-refractivity contribution in [2.45, 2.75) is 9.79 Å². The number of nitrogens with zero attached hydrogens (tertiary/aromatic N) is 1. The molecule has 0 radical (unpaired) electrons. The Morgan fingerprint density at radius 3 is 2.82 bits per heavy atom. The molecule has 0 aliphatic carbocycles. The predicted octanol–water partition coefficient (Wildman–Crippen LogP) is 4.29. The normalized spacial score (nSPS) is 12.9. The molecule has 1 aliphatic heterocycles. The zero-order chi connectivity index (χ0) is 19.5. The van der Waals surface area contributed by atoms with E-state index in [1.54, 1.807) is 24.1 Å². The summed E-state index contributed by atoms with van der Waals surface area (Å²) in [7, 11) is 1.61. The van der Waals surface area contributed by atoms with Gasteiger partial charge in [-0.05, 0) is 36.4 Å². The second kappa shape index (κ2) is 7.92. The molecule has 0 bridgehead atoms. The number of carbonyl (C=O) groups is 2. The summed E-state index contributed by atoms with van der Waals surface area (Å²) in [6.07, 6.45) is 2.85. The summed E-state index contributed by atoms with van der Waals surface area (Å²) in [5, 5.41) is 2.87. The lowest BCUT2D eigenvalue weighted by Crippen LogP contribution is -2.33. The Hall–Kier alpha value is -3.03. The molecule has 0 unspecified atom stereocenters. The molecule has 4 rings (SSSR count). The number of amides is 2. The lowest BCUT2D eigenvalue weighted by molar-refractivity contribution is 0.0972. The van der Waals surface area contributed by atoms with Crippen molar-refractivity contribution in [1.29, 1.82) is 0 Å². The van der Waals surface area contributed by atoms with Crippen molar-refractivity contribution in [2.75, 3.05) is 30.5 Å². The van der Waals surface area contributed by atoms with E-state index < -0.39 is 0 Å². The van der Waals surface area contributed by atoms with E-state index in [4.69, 9.17) is 9.15 Å². The Balaban J connectivity index is 1.71. The van der Waals surface area contributed by atoms with E-state index in [0.717, 1.165) is 15.5 Å². The van der Waals surface area contributed by atoms with Crippen LogP contribution >= 0.6 is 11.8 Å². The molecule has 0 fully saturated rings. The van der Waals surface area contributed by atoms with E-state index >= 15 is 0 Å². The summed E-state index contributed by atoms with van der Waals surface area (Å²) in [4.78, 5) is 28.9. The van der Waals surface area contributed by atoms with Crippen LogP contribution in [-0.4, -0.2) is 32.1 Å². The quantitative estimate of drug-likeness (QED) is 0.699. The number of rotatable bonds is 5.